The van der Waals surface area contributed by atoms with E-state index in [2.05, 4.69) is 14.7 Å². The first-order valence-corrected chi connectivity index (χ1v) is 18.1. The number of methoxy groups -OCH3 is 1. The predicted molar refractivity (Wildman–Crippen MR) is 204 cm³/mol. The van der Waals surface area contributed by atoms with E-state index in [0.717, 1.165) is 0 Å². The van der Waals surface area contributed by atoms with E-state index in [1.165, 1.54) is 71.8 Å². The van der Waals surface area contributed by atoms with Crippen LogP contribution < -0.4 is 15.5 Å². The van der Waals surface area contributed by atoms with Gasteiger partial charge in [-0.3, -0.25) is 19.6 Å². The molecule has 2 fully saturated rings. The number of aromatic nitrogens is 2. The molecule has 18 heteroatoms. The number of pyridine rings is 2. The van der Waals surface area contributed by atoms with Crippen LogP contribution in [0.1, 0.15) is 32.1 Å². The molecule has 0 aliphatic carbocycles. The van der Waals surface area contributed by atoms with E-state index in [1.54, 1.807) is 28.0 Å². The number of anilines is 2. The lowest BCUT2D eigenvalue weighted by Crippen LogP contribution is -2.48. The van der Waals surface area contributed by atoms with Gasteiger partial charge in [-0.05, 0) is 59.7 Å². The fourth-order valence-corrected chi connectivity index (χ4v) is 5.94. The summed E-state index contributed by atoms with van der Waals surface area (Å²) in [6, 6.07) is 14.3. The van der Waals surface area contributed by atoms with Crippen LogP contribution in [-0.4, -0.2) is 110 Å². The number of ether oxygens (including phenoxy) is 3. The number of halogens is 4. The second kappa shape index (κ2) is 20.1. The number of morpholine rings is 2. The molecular weight excluding hydrogens is 775 g/mol. The number of benzene rings is 2. The number of carbonyl (C=O) groups excluding carboxylic acids is 4. The van der Waals surface area contributed by atoms with Crippen molar-refractivity contribution in [2.75, 3.05) is 76.1 Å². The summed E-state index contributed by atoms with van der Waals surface area (Å²) in [5.74, 6) is -1.93. The number of Topliss-reactive ketones (excluding diaryl/α,β-unsaturated/α-hetero) is 1. The minimum atomic E-state index is -0.562. The number of amides is 4. The van der Waals surface area contributed by atoms with Crippen molar-refractivity contribution in [3.05, 3.63) is 117 Å². The number of hydrogen-bond donors (Lipinski definition) is 1. The summed E-state index contributed by atoms with van der Waals surface area (Å²) in [5.41, 5.74) is 8.10. The Balaban J connectivity index is 0.000000214. The zero-order valence-electron chi connectivity index (χ0n) is 30.3. The second-order valence-electron chi connectivity index (χ2n) is 12.4. The lowest BCUT2D eigenvalue weighted by atomic mass is 10.2. The molecule has 14 nitrogen and oxygen atoms in total. The average molecular weight is 815 g/mol. The topological polar surface area (TPSA) is 161 Å². The van der Waals surface area contributed by atoms with Gasteiger partial charge in [-0.25, -0.2) is 28.1 Å². The largest absolute Gasteiger partial charge is 0.464 e. The normalized spacial score (nSPS) is 14.0. The first-order valence-electron chi connectivity index (χ1n) is 17.4. The smallest absolute Gasteiger partial charge is 0.356 e. The first kappa shape index (κ1) is 41.9. The van der Waals surface area contributed by atoms with Crippen LogP contribution in [0, 0.1) is 11.6 Å². The molecule has 0 atom stereocenters. The van der Waals surface area contributed by atoms with Gasteiger partial charge in [0.25, 0.3) is 0 Å². The van der Waals surface area contributed by atoms with E-state index in [-0.39, 0.29) is 58.9 Å². The Bertz CT molecular complexity index is 1860. The number of nitrogens with two attached hydrogens (primary N) is 1. The van der Waals surface area contributed by atoms with Gasteiger partial charge in [0.05, 0.1) is 63.2 Å². The van der Waals surface area contributed by atoms with Gasteiger partial charge in [-0.1, -0.05) is 35.3 Å². The molecule has 0 spiro atoms. The summed E-state index contributed by atoms with van der Waals surface area (Å²) in [7, 11) is 1.28. The lowest BCUT2D eigenvalue weighted by Gasteiger charge is -2.33. The summed E-state index contributed by atoms with van der Waals surface area (Å²) >= 11 is 11.8. The molecule has 2 aliphatic heterocycles. The molecule has 4 amide bonds. The SMILES string of the molecule is COC(=O)c1ccc(CN(C(=O)N2CCOCC2)c2ccc(F)c(Cl)c2)cn1.NCC(=O)c1ccc(CN(C(=O)N2CCOCC2)c2ccc(F)c(Cl)c2)cn1. The summed E-state index contributed by atoms with van der Waals surface area (Å²) in [5, 5.41) is -0.143. The number of carbonyl (C=O) groups is 4. The van der Waals surface area contributed by atoms with Gasteiger partial charge in [0.15, 0.2) is 5.78 Å². The predicted octanol–water partition coefficient (Wildman–Crippen LogP) is 5.59. The molecule has 0 bridgehead atoms. The van der Waals surface area contributed by atoms with E-state index in [4.69, 9.17) is 38.4 Å². The molecule has 2 aromatic carbocycles. The molecule has 0 radical (unpaired) electrons. The van der Waals surface area contributed by atoms with E-state index in [9.17, 15) is 28.0 Å². The van der Waals surface area contributed by atoms with Gasteiger partial charge in [-0.2, -0.15) is 0 Å². The van der Waals surface area contributed by atoms with Crippen LogP contribution in [0.5, 0.6) is 0 Å². The molecule has 2 N–H and O–H groups in total. The fraction of sp³-hybridized carbons (Fsp3) is 0.316. The van der Waals surface area contributed by atoms with Gasteiger partial charge in [-0.15, -0.1) is 0 Å². The van der Waals surface area contributed by atoms with Crippen LogP contribution in [0.3, 0.4) is 0 Å². The lowest BCUT2D eigenvalue weighted by molar-refractivity contribution is 0.0548. The van der Waals surface area contributed by atoms with Gasteiger partial charge in [0.1, 0.15) is 23.0 Å². The number of nitrogens with zero attached hydrogens (tertiary/aromatic N) is 6. The van der Waals surface area contributed by atoms with Crippen LogP contribution in [0.2, 0.25) is 10.0 Å². The third kappa shape index (κ3) is 10.9. The third-order valence-electron chi connectivity index (χ3n) is 8.65. The van der Waals surface area contributed by atoms with Crippen molar-refractivity contribution < 1.29 is 42.2 Å². The Kier molecular flexibility index (Phi) is 15.0. The highest BCUT2D eigenvalue weighted by molar-refractivity contribution is 6.31. The van der Waals surface area contributed by atoms with Crippen molar-refractivity contribution in [2.45, 2.75) is 13.1 Å². The molecule has 4 heterocycles. The Morgan fingerprint density at radius 2 is 1.14 bits per heavy atom. The summed E-state index contributed by atoms with van der Waals surface area (Å²) in [4.78, 5) is 63.8. The van der Waals surface area contributed by atoms with Crippen molar-refractivity contribution in [1.29, 1.82) is 0 Å². The standard InChI is InChI=1S/C19H20ClFN4O3.C19H19ClFN3O4/c20-15-9-14(2-3-16(15)21)25(19(27)24-5-7-28-8-6-24)12-13-1-4-17(23-11-13)18(26)10-22;1-27-18(25)17-5-2-13(11-22-17)12-24(14-3-4-16(21)15(20)10-14)19(26)23-6-8-28-9-7-23/h1-4,9,11H,5-8,10,12,22H2;2-5,10-11H,6-9,12H2,1H3. The van der Waals surface area contributed by atoms with Crippen LogP contribution in [-0.2, 0) is 27.3 Å². The molecule has 4 aromatic rings. The number of hydrogen-bond acceptors (Lipinski definition) is 10. The molecule has 0 saturated carbocycles. The van der Waals surface area contributed by atoms with Crippen molar-refractivity contribution in [3.8, 4) is 0 Å². The van der Waals surface area contributed by atoms with Crippen molar-refractivity contribution in [3.63, 3.8) is 0 Å². The molecule has 2 aliphatic rings. The molecule has 0 unspecified atom stereocenters. The molecule has 2 saturated heterocycles. The van der Waals surface area contributed by atoms with Gasteiger partial charge in [0.2, 0.25) is 0 Å². The highest BCUT2D eigenvalue weighted by atomic mass is 35.5. The zero-order valence-corrected chi connectivity index (χ0v) is 31.8. The van der Waals surface area contributed by atoms with Gasteiger partial charge < -0.3 is 29.7 Å². The number of rotatable bonds is 9. The molecule has 56 heavy (non-hydrogen) atoms. The molecule has 6 rings (SSSR count). The average Bonchev–Trinajstić information content (AvgIpc) is 3.24. The van der Waals surface area contributed by atoms with Crippen LogP contribution in [0.15, 0.2) is 73.1 Å². The highest BCUT2D eigenvalue weighted by Gasteiger charge is 2.27. The van der Waals surface area contributed by atoms with Crippen molar-refractivity contribution >= 4 is 58.4 Å². The van der Waals surface area contributed by atoms with E-state index in [0.29, 0.717) is 75.1 Å². The van der Waals surface area contributed by atoms with Crippen molar-refractivity contribution in [2.24, 2.45) is 5.73 Å². The third-order valence-corrected chi connectivity index (χ3v) is 9.23. The Morgan fingerprint density at radius 3 is 1.50 bits per heavy atom. The Labute approximate surface area is 331 Å². The number of esters is 1. The summed E-state index contributed by atoms with van der Waals surface area (Å²) in [6.45, 7) is 3.92. The molecule has 296 valence electrons. The second-order valence-corrected chi connectivity index (χ2v) is 13.2. The zero-order chi connectivity index (χ0) is 40.2. The Hall–Kier alpha value is -5.26. The van der Waals surface area contributed by atoms with E-state index >= 15 is 0 Å². The maximum absolute atomic E-state index is 13.6. The minimum Gasteiger partial charge on any atom is -0.464 e. The quantitative estimate of drug-likeness (QED) is 0.167. The van der Waals surface area contributed by atoms with E-state index < -0.39 is 17.6 Å². The highest BCUT2D eigenvalue weighted by Crippen LogP contribution is 2.27. The van der Waals surface area contributed by atoms with Gasteiger partial charge >= 0.3 is 18.0 Å². The number of ketones is 1. The van der Waals surface area contributed by atoms with Crippen molar-refractivity contribution in [1.82, 2.24) is 19.8 Å². The van der Waals surface area contributed by atoms with Gasteiger partial charge in [0, 0.05) is 49.9 Å². The molecular formula is C38H39Cl2F2N7O7. The van der Waals surface area contributed by atoms with Crippen LogP contribution in [0.4, 0.5) is 29.7 Å². The minimum absolute atomic E-state index is 0.0701. The molecule has 2 aromatic heterocycles. The van der Waals surface area contributed by atoms with Crippen LogP contribution >= 0.6 is 23.2 Å². The fourth-order valence-electron chi connectivity index (χ4n) is 5.59. The Morgan fingerprint density at radius 1 is 0.714 bits per heavy atom. The first-order chi connectivity index (χ1) is 27.0. The van der Waals surface area contributed by atoms with Crippen LogP contribution in [0.25, 0.3) is 0 Å². The van der Waals surface area contributed by atoms with E-state index in [1.807, 2.05) is 0 Å². The summed E-state index contributed by atoms with van der Waals surface area (Å²) in [6.07, 6.45) is 3.02. The maximum Gasteiger partial charge on any atom is 0.356 e. The monoisotopic (exact) mass is 813 g/mol. The number of urea groups is 2. The summed E-state index contributed by atoms with van der Waals surface area (Å²) < 4.78 is 42.4. The maximum atomic E-state index is 13.6.